The van der Waals surface area contributed by atoms with Crippen molar-refractivity contribution in [2.45, 2.75) is 5.16 Å². The Bertz CT molecular complexity index is 1200. The molecule has 0 saturated heterocycles. The van der Waals surface area contributed by atoms with Crippen LogP contribution in [0.4, 0.5) is 5.69 Å². The van der Waals surface area contributed by atoms with Crippen molar-refractivity contribution < 1.29 is 9.53 Å². The fourth-order valence-corrected chi connectivity index (χ4v) is 4.22. The fraction of sp³-hybridized carbons (Fsp3) is 0.0870. The van der Waals surface area contributed by atoms with E-state index in [9.17, 15) is 4.79 Å². The normalized spacial score (nSPS) is 10.6. The van der Waals surface area contributed by atoms with E-state index in [0.29, 0.717) is 16.7 Å². The number of para-hydroxylation sites is 2. The molecule has 0 fully saturated rings. The van der Waals surface area contributed by atoms with Crippen molar-refractivity contribution >= 4 is 39.3 Å². The van der Waals surface area contributed by atoms with E-state index in [1.54, 1.807) is 7.11 Å². The van der Waals surface area contributed by atoms with Crippen LogP contribution in [0.15, 0.2) is 88.5 Å². The Morgan fingerprint density at radius 3 is 2.58 bits per heavy atom. The van der Waals surface area contributed by atoms with Crippen molar-refractivity contribution in [2.75, 3.05) is 18.2 Å². The minimum absolute atomic E-state index is 0.121. The molecule has 3 aromatic carbocycles. The molecule has 1 amide bonds. The molecule has 1 N–H and O–H groups in total. The molecule has 4 rings (SSSR count). The molecule has 0 atom stereocenters. The Morgan fingerprint density at radius 1 is 1.03 bits per heavy atom. The highest BCUT2D eigenvalue weighted by molar-refractivity contribution is 9.10. The minimum Gasteiger partial charge on any atom is -0.496 e. The molecule has 0 bridgehead atoms. The molecule has 0 radical (unpaired) electrons. The van der Waals surface area contributed by atoms with Crippen molar-refractivity contribution in [1.82, 2.24) is 14.8 Å². The van der Waals surface area contributed by atoms with Gasteiger partial charge in [0, 0.05) is 15.8 Å². The number of nitrogens with zero attached hydrogens (tertiary/aromatic N) is 3. The first-order valence-electron chi connectivity index (χ1n) is 9.48. The monoisotopic (exact) mass is 494 g/mol. The third-order valence-corrected chi connectivity index (χ3v) is 5.86. The first-order valence-corrected chi connectivity index (χ1v) is 11.3. The van der Waals surface area contributed by atoms with E-state index in [-0.39, 0.29) is 11.7 Å². The predicted octanol–water partition coefficient (Wildman–Crippen LogP) is 5.44. The summed E-state index contributed by atoms with van der Waals surface area (Å²) in [5, 5.41) is 12.3. The van der Waals surface area contributed by atoms with Gasteiger partial charge in [0.2, 0.25) is 5.91 Å². The number of thioether (sulfide) groups is 1. The van der Waals surface area contributed by atoms with Crippen LogP contribution in [0.1, 0.15) is 0 Å². The van der Waals surface area contributed by atoms with Gasteiger partial charge in [-0.2, -0.15) is 0 Å². The lowest BCUT2D eigenvalue weighted by atomic mass is 10.2. The van der Waals surface area contributed by atoms with Crippen LogP contribution in [0, 0.1) is 0 Å². The van der Waals surface area contributed by atoms with Gasteiger partial charge < -0.3 is 10.1 Å². The number of nitrogens with one attached hydrogen (secondary N) is 1. The van der Waals surface area contributed by atoms with Crippen LogP contribution >= 0.6 is 27.7 Å². The summed E-state index contributed by atoms with van der Waals surface area (Å²) in [5.41, 5.74) is 2.47. The van der Waals surface area contributed by atoms with E-state index in [0.717, 1.165) is 21.4 Å². The van der Waals surface area contributed by atoms with Gasteiger partial charge in [-0.25, -0.2) is 0 Å². The minimum atomic E-state index is -0.121. The molecule has 1 aromatic heterocycles. The number of methoxy groups -OCH3 is 1. The molecule has 0 aliphatic heterocycles. The lowest BCUT2D eigenvalue weighted by molar-refractivity contribution is -0.113. The maximum atomic E-state index is 12.5. The molecule has 31 heavy (non-hydrogen) atoms. The van der Waals surface area contributed by atoms with E-state index in [1.165, 1.54) is 11.8 Å². The maximum Gasteiger partial charge on any atom is 0.234 e. The largest absolute Gasteiger partial charge is 0.496 e. The number of aromatic nitrogens is 3. The summed E-state index contributed by atoms with van der Waals surface area (Å²) in [6.45, 7) is 0. The predicted molar refractivity (Wildman–Crippen MR) is 127 cm³/mol. The van der Waals surface area contributed by atoms with Crippen LogP contribution in [0.5, 0.6) is 5.75 Å². The summed E-state index contributed by atoms with van der Waals surface area (Å²) < 4.78 is 8.36. The Balaban J connectivity index is 1.62. The summed E-state index contributed by atoms with van der Waals surface area (Å²) in [6, 6.07) is 25.0. The molecule has 8 heteroatoms. The fourth-order valence-electron chi connectivity index (χ4n) is 3.07. The molecule has 0 saturated carbocycles. The number of carbonyl (C=O) groups excluding carboxylic acids is 1. The zero-order chi connectivity index (χ0) is 21.6. The summed E-state index contributed by atoms with van der Waals surface area (Å²) in [5.74, 6) is 1.43. The number of ether oxygens (including phenoxy) is 1. The van der Waals surface area contributed by atoms with Crippen molar-refractivity contribution in [3.63, 3.8) is 0 Å². The molecular weight excluding hydrogens is 476 g/mol. The Hall–Kier alpha value is -3.10. The molecule has 1 heterocycles. The van der Waals surface area contributed by atoms with Gasteiger partial charge in [-0.05, 0) is 42.5 Å². The molecule has 4 aromatic rings. The summed E-state index contributed by atoms with van der Waals surface area (Å²) >= 11 is 4.74. The number of anilines is 1. The van der Waals surface area contributed by atoms with Crippen molar-refractivity contribution in [1.29, 1.82) is 0 Å². The molecular formula is C23H19BrN4O2S. The number of carbonyl (C=O) groups is 1. The second kappa shape index (κ2) is 9.80. The molecule has 0 unspecified atom stereocenters. The number of rotatable bonds is 7. The van der Waals surface area contributed by atoms with Crippen LogP contribution in [-0.2, 0) is 4.79 Å². The van der Waals surface area contributed by atoms with Crippen LogP contribution in [0.25, 0.3) is 17.1 Å². The summed E-state index contributed by atoms with van der Waals surface area (Å²) in [7, 11) is 1.63. The Kier molecular flexibility index (Phi) is 6.69. The van der Waals surface area contributed by atoms with E-state index >= 15 is 0 Å². The zero-order valence-electron chi connectivity index (χ0n) is 16.7. The van der Waals surface area contributed by atoms with Crippen LogP contribution < -0.4 is 10.1 Å². The third-order valence-electron chi connectivity index (χ3n) is 4.44. The van der Waals surface area contributed by atoms with Gasteiger partial charge in [-0.1, -0.05) is 64.1 Å². The molecule has 6 nitrogen and oxygen atoms in total. The highest BCUT2D eigenvalue weighted by atomic mass is 79.9. The zero-order valence-corrected chi connectivity index (χ0v) is 19.1. The lowest BCUT2D eigenvalue weighted by Crippen LogP contribution is -2.14. The standard InChI is InChI=1S/C23H19BrN4O2S/c1-30-20-13-6-5-12-19(20)22-26-27-23(28(22)18-10-3-2-4-11-18)31-15-21(29)25-17-9-7-8-16(24)14-17/h2-14H,15H2,1H3,(H,25,29). The van der Waals surface area contributed by atoms with Crippen LogP contribution in [-0.4, -0.2) is 33.5 Å². The Morgan fingerprint density at radius 2 is 1.81 bits per heavy atom. The van der Waals surface area contributed by atoms with E-state index < -0.39 is 0 Å². The first-order chi connectivity index (χ1) is 15.2. The number of benzene rings is 3. The van der Waals surface area contributed by atoms with Crippen molar-refractivity contribution in [3.8, 4) is 22.8 Å². The SMILES string of the molecule is COc1ccccc1-c1nnc(SCC(=O)Nc2cccc(Br)c2)n1-c1ccccc1. The highest BCUT2D eigenvalue weighted by Crippen LogP contribution is 2.33. The van der Waals surface area contributed by atoms with Gasteiger partial charge in [-0.15, -0.1) is 10.2 Å². The second-order valence-corrected chi connectivity index (χ2v) is 8.38. The number of hydrogen-bond donors (Lipinski definition) is 1. The van der Waals surface area contributed by atoms with Gasteiger partial charge >= 0.3 is 0 Å². The lowest BCUT2D eigenvalue weighted by Gasteiger charge is -2.12. The van der Waals surface area contributed by atoms with Gasteiger partial charge in [-0.3, -0.25) is 9.36 Å². The summed E-state index contributed by atoms with van der Waals surface area (Å²) in [6.07, 6.45) is 0. The number of halogens is 1. The first kappa shape index (κ1) is 21.1. The average molecular weight is 495 g/mol. The number of amides is 1. The van der Waals surface area contributed by atoms with E-state index in [1.807, 2.05) is 83.4 Å². The third kappa shape index (κ3) is 4.98. The average Bonchev–Trinajstić information content (AvgIpc) is 3.22. The van der Waals surface area contributed by atoms with E-state index in [2.05, 4.69) is 31.4 Å². The molecule has 0 aliphatic rings. The number of hydrogen-bond acceptors (Lipinski definition) is 5. The molecule has 156 valence electrons. The Labute approximate surface area is 192 Å². The molecule has 0 aliphatic carbocycles. The molecule has 0 spiro atoms. The van der Waals surface area contributed by atoms with Crippen LogP contribution in [0.3, 0.4) is 0 Å². The quantitative estimate of drug-likeness (QED) is 0.346. The van der Waals surface area contributed by atoms with Gasteiger partial charge in [0.25, 0.3) is 0 Å². The summed E-state index contributed by atoms with van der Waals surface area (Å²) in [4.78, 5) is 12.5. The maximum absolute atomic E-state index is 12.5. The van der Waals surface area contributed by atoms with Crippen molar-refractivity contribution in [3.05, 3.63) is 83.3 Å². The highest BCUT2D eigenvalue weighted by Gasteiger charge is 2.19. The second-order valence-electron chi connectivity index (χ2n) is 6.52. The topological polar surface area (TPSA) is 69.0 Å². The van der Waals surface area contributed by atoms with Crippen LogP contribution in [0.2, 0.25) is 0 Å². The van der Waals surface area contributed by atoms with Gasteiger partial charge in [0.05, 0.1) is 18.4 Å². The smallest absolute Gasteiger partial charge is 0.234 e. The van der Waals surface area contributed by atoms with Gasteiger partial charge in [0.1, 0.15) is 5.75 Å². The van der Waals surface area contributed by atoms with E-state index in [4.69, 9.17) is 4.74 Å². The van der Waals surface area contributed by atoms with Crippen molar-refractivity contribution in [2.24, 2.45) is 0 Å². The van der Waals surface area contributed by atoms with Gasteiger partial charge in [0.15, 0.2) is 11.0 Å².